The Balaban J connectivity index is 2.40. The summed E-state index contributed by atoms with van der Waals surface area (Å²) in [6, 6.07) is 9.02. The van der Waals surface area contributed by atoms with Gasteiger partial charge in [0.2, 0.25) is 0 Å². The summed E-state index contributed by atoms with van der Waals surface area (Å²) in [4.78, 5) is 0. The largest absolute Gasteiger partial charge is 0.397 e. The second kappa shape index (κ2) is 4.98. The number of hydrogen-bond acceptors (Lipinski definition) is 2. The van der Waals surface area contributed by atoms with Crippen LogP contribution in [0.4, 0.5) is 21.5 Å². The minimum atomic E-state index is -0.290. The standard InChI is InChI=1S/C14H14BrFN2/c1-8-3-4-10(15)13(5-8)18-14-6-9(2)11(16)7-12(14)17/h3-7,18H,17H2,1-2H3. The van der Waals surface area contributed by atoms with Gasteiger partial charge in [-0.3, -0.25) is 0 Å². The average molecular weight is 309 g/mol. The fourth-order valence-corrected chi connectivity index (χ4v) is 2.03. The van der Waals surface area contributed by atoms with Crippen LogP contribution in [0.2, 0.25) is 0 Å². The molecule has 0 unspecified atom stereocenters. The van der Waals surface area contributed by atoms with Gasteiger partial charge in [0.15, 0.2) is 0 Å². The van der Waals surface area contributed by atoms with Gasteiger partial charge in [0.1, 0.15) is 5.82 Å². The number of rotatable bonds is 2. The van der Waals surface area contributed by atoms with E-state index in [1.54, 1.807) is 13.0 Å². The molecule has 0 aliphatic carbocycles. The number of hydrogen-bond donors (Lipinski definition) is 2. The molecule has 94 valence electrons. The molecule has 0 radical (unpaired) electrons. The van der Waals surface area contributed by atoms with Crippen LogP contribution in [-0.4, -0.2) is 0 Å². The van der Waals surface area contributed by atoms with Crippen molar-refractivity contribution >= 4 is 33.0 Å². The first-order chi connectivity index (χ1) is 8.47. The maximum atomic E-state index is 13.3. The molecule has 0 amide bonds. The van der Waals surface area contributed by atoms with Crippen LogP contribution in [0.5, 0.6) is 0 Å². The van der Waals surface area contributed by atoms with Crippen molar-refractivity contribution in [2.24, 2.45) is 0 Å². The van der Waals surface area contributed by atoms with Gasteiger partial charge in [0.05, 0.1) is 17.1 Å². The quantitative estimate of drug-likeness (QED) is 0.800. The average Bonchev–Trinajstić information content (AvgIpc) is 2.30. The van der Waals surface area contributed by atoms with Crippen molar-refractivity contribution in [3.05, 3.63) is 51.7 Å². The number of aryl methyl sites for hydroxylation is 2. The van der Waals surface area contributed by atoms with Crippen LogP contribution < -0.4 is 11.1 Å². The van der Waals surface area contributed by atoms with Crippen LogP contribution in [-0.2, 0) is 0 Å². The van der Waals surface area contributed by atoms with E-state index in [-0.39, 0.29) is 5.82 Å². The van der Waals surface area contributed by atoms with E-state index in [1.165, 1.54) is 6.07 Å². The Morgan fingerprint density at radius 1 is 1.11 bits per heavy atom. The lowest BCUT2D eigenvalue weighted by molar-refractivity contribution is 0.619. The van der Waals surface area contributed by atoms with E-state index in [4.69, 9.17) is 5.73 Å². The Labute approximate surface area is 114 Å². The fourth-order valence-electron chi connectivity index (χ4n) is 1.69. The van der Waals surface area contributed by atoms with Gasteiger partial charge in [-0.05, 0) is 65.2 Å². The summed E-state index contributed by atoms with van der Waals surface area (Å²) in [6.45, 7) is 3.72. The number of nitrogen functional groups attached to an aromatic ring is 1. The van der Waals surface area contributed by atoms with E-state index >= 15 is 0 Å². The highest BCUT2D eigenvalue weighted by Crippen LogP contribution is 2.30. The predicted octanol–water partition coefficient (Wildman–Crippen LogP) is 4.53. The zero-order chi connectivity index (χ0) is 13.3. The van der Waals surface area contributed by atoms with Gasteiger partial charge in [0, 0.05) is 4.47 Å². The molecular formula is C14H14BrFN2. The Bertz CT molecular complexity index is 597. The second-order valence-electron chi connectivity index (χ2n) is 4.30. The molecule has 2 rings (SSSR count). The second-order valence-corrected chi connectivity index (χ2v) is 5.15. The van der Waals surface area contributed by atoms with E-state index in [0.29, 0.717) is 16.9 Å². The zero-order valence-corrected chi connectivity index (χ0v) is 11.8. The summed E-state index contributed by atoms with van der Waals surface area (Å²) in [5.41, 5.74) is 9.52. The minimum absolute atomic E-state index is 0.290. The maximum Gasteiger partial charge on any atom is 0.128 e. The summed E-state index contributed by atoms with van der Waals surface area (Å²) >= 11 is 3.47. The first kappa shape index (κ1) is 12.9. The number of benzene rings is 2. The van der Waals surface area contributed by atoms with Crippen LogP contribution in [0.3, 0.4) is 0 Å². The Morgan fingerprint density at radius 3 is 2.56 bits per heavy atom. The Kier molecular flexibility index (Phi) is 3.57. The monoisotopic (exact) mass is 308 g/mol. The number of nitrogens with one attached hydrogen (secondary N) is 1. The van der Waals surface area contributed by atoms with Crippen LogP contribution in [0.25, 0.3) is 0 Å². The minimum Gasteiger partial charge on any atom is -0.397 e. The van der Waals surface area contributed by atoms with Crippen molar-refractivity contribution < 1.29 is 4.39 Å². The van der Waals surface area contributed by atoms with Gasteiger partial charge in [-0.2, -0.15) is 0 Å². The highest BCUT2D eigenvalue weighted by Gasteiger charge is 2.07. The van der Waals surface area contributed by atoms with Crippen molar-refractivity contribution in [2.75, 3.05) is 11.1 Å². The number of halogens is 2. The number of anilines is 3. The first-order valence-corrected chi connectivity index (χ1v) is 6.35. The zero-order valence-electron chi connectivity index (χ0n) is 10.2. The maximum absolute atomic E-state index is 13.3. The van der Waals surface area contributed by atoms with Crippen molar-refractivity contribution in [3.8, 4) is 0 Å². The molecule has 0 atom stereocenters. The van der Waals surface area contributed by atoms with E-state index < -0.39 is 0 Å². The molecule has 0 aromatic heterocycles. The fraction of sp³-hybridized carbons (Fsp3) is 0.143. The molecule has 0 heterocycles. The van der Waals surface area contributed by atoms with E-state index in [2.05, 4.69) is 21.2 Å². The molecule has 0 spiro atoms. The van der Waals surface area contributed by atoms with E-state index in [1.807, 2.05) is 25.1 Å². The van der Waals surface area contributed by atoms with Crippen LogP contribution in [0, 0.1) is 19.7 Å². The van der Waals surface area contributed by atoms with E-state index in [9.17, 15) is 4.39 Å². The smallest absolute Gasteiger partial charge is 0.128 e. The third-order valence-corrected chi connectivity index (χ3v) is 3.41. The third kappa shape index (κ3) is 2.64. The molecule has 0 saturated carbocycles. The Morgan fingerprint density at radius 2 is 1.83 bits per heavy atom. The molecule has 18 heavy (non-hydrogen) atoms. The predicted molar refractivity (Wildman–Crippen MR) is 77.7 cm³/mol. The van der Waals surface area contributed by atoms with Crippen molar-refractivity contribution in [1.29, 1.82) is 0 Å². The molecule has 0 bridgehead atoms. The lowest BCUT2D eigenvalue weighted by Gasteiger charge is -2.13. The lowest BCUT2D eigenvalue weighted by Crippen LogP contribution is -1.99. The van der Waals surface area contributed by atoms with Crippen LogP contribution >= 0.6 is 15.9 Å². The van der Waals surface area contributed by atoms with Crippen molar-refractivity contribution in [2.45, 2.75) is 13.8 Å². The summed E-state index contributed by atoms with van der Waals surface area (Å²) in [5.74, 6) is -0.290. The molecule has 2 aromatic rings. The summed E-state index contributed by atoms with van der Waals surface area (Å²) in [6.07, 6.45) is 0. The van der Waals surface area contributed by atoms with Gasteiger partial charge in [0.25, 0.3) is 0 Å². The molecule has 3 N–H and O–H groups in total. The van der Waals surface area contributed by atoms with Gasteiger partial charge in [-0.15, -0.1) is 0 Å². The summed E-state index contributed by atoms with van der Waals surface area (Å²) in [5, 5.41) is 3.21. The van der Waals surface area contributed by atoms with Gasteiger partial charge < -0.3 is 11.1 Å². The van der Waals surface area contributed by atoms with E-state index in [0.717, 1.165) is 15.7 Å². The molecule has 2 aromatic carbocycles. The highest BCUT2D eigenvalue weighted by molar-refractivity contribution is 9.10. The molecule has 0 fully saturated rings. The molecule has 0 aliphatic heterocycles. The lowest BCUT2D eigenvalue weighted by atomic mass is 10.1. The van der Waals surface area contributed by atoms with Crippen LogP contribution in [0.1, 0.15) is 11.1 Å². The molecular weight excluding hydrogens is 295 g/mol. The molecule has 0 saturated heterocycles. The molecule has 0 aliphatic rings. The highest BCUT2D eigenvalue weighted by atomic mass is 79.9. The van der Waals surface area contributed by atoms with Crippen molar-refractivity contribution in [1.82, 2.24) is 0 Å². The van der Waals surface area contributed by atoms with Crippen LogP contribution in [0.15, 0.2) is 34.8 Å². The summed E-state index contributed by atoms with van der Waals surface area (Å²) < 4.78 is 14.3. The van der Waals surface area contributed by atoms with Gasteiger partial charge in [-0.1, -0.05) is 6.07 Å². The summed E-state index contributed by atoms with van der Waals surface area (Å²) in [7, 11) is 0. The SMILES string of the molecule is Cc1ccc(Br)c(Nc2cc(C)c(F)cc2N)c1. The van der Waals surface area contributed by atoms with Gasteiger partial charge in [-0.25, -0.2) is 4.39 Å². The first-order valence-electron chi connectivity index (χ1n) is 5.56. The Hall–Kier alpha value is -1.55. The van der Waals surface area contributed by atoms with Gasteiger partial charge >= 0.3 is 0 Å². The topological polar surface area (TPSA) is 38.0 Å². The van der Waals surface area contributed by atoms with Crippen molar-refractivity contribution in [3.63, 3.8) is 0 Å². The third-order valence-electron chi connectivity index (χ3n) is 2.72. The normalized spacial score (nSPS) is 10.4. The molecule has 2 nitrogen and oxygen atoms in total. The number of nitrogens with two attached hydrogens (primary N) is 1. The molecule has 4 heteroatoms.